The van der Waals surface area contributed by atoms with Gasteiger partial charge >= 0.3 is 23.9 Å². The Labute approximate surface area is 181 Å². The van der Waals surface area contributed by atoms with Gasteiger partial charge in [-0.05, 0) is 25.8 Å². The van der Waals surface area contributed by atoms with Crippen LogP contribution in [0.2, 0.25) is 0 Å². The number of fused-ring (bicyclic) bond motifs is 1. The Bertz CT molecular complexity index is 651. The van der Waals surface area contributed by atoms with Gasteiger partial charge in [-0.2, -0.15) is 0 Å². The molecule has 0 aromatic carbocycles. The Kier molecular flexibility index (Phi) is 8.78. The SMILES string of the molecule is CCN(CC(=O)O)C1(CCC(=O)O)CN(CC(=O)O)C2CCCCC2N(CC(=O)O)C1. The fraction of sp³-hybridized carbons (Fsp3) is 0.800. The number of rotatable bonds is 11. The lowest BCUT2D eigenvalue weighted by Gasteiger charge is -2.46. The van der Waals surface area contributed by atoms with Gasteiger partial charge in [-0.15, -0.1) is 0 Å². The van der Waals surface area contributed by atoms with Gasteiger partial charge in [0, 0.05) is 37.1 Å². The molecule has 4 N–H and O–H groups in total. The van der Waals surface area contributed by atoms with Crippen LogP contribution in [0.15, 0.2) is 0 Å². The summed E-state index contributed by atoms with van der Waals surface area (Å²) in [5, 5.41) is 37.9. The van der Waals surface area contributed by atoms with Gasteiger partial charge in [-0.25, -0.2) is 0 Å². The molecule has 2 atom stereocenters. The number of carboxylic acids is 4. The first-order valence-corrected chi connectivity index (χ1v) is 10.7. The maximum absolute atomic E-state index is 11.7. The summed E-state index contributed by atoms with van der Waals surface area (Å²) in [6.45, 7) is 1.56. The average Bonchev–Trinajstić information content (AvgIpc) is 2.80. The van der Waals surface area contributed by atoms with Crippen LogP contribution < -0.4 is 0 Å². The molecule has 1 aliphatic carbocycles. The Morgan fingerprint density at radius 2 is 1.32 bits per heavy atom. The lowest BCUT2D eigenvalue weighted by Crippen LogP contribution is -2.61. The van der Waals surface area contributed by atoms with Crippen molar-refractivity contribution in [2.24, 2.45) is 0 Å². The molecule has 1 heterocycles. The topological polar surface area (TPSA) is 159 Å². The zero-order valence-corrected chi connectivity index (χ0v) is 17.9. The van der Waals surface area contributed by atoms with Crippen LogP contribution in [-0.4, -0.2) is 116 Å². The first kappa shape index (κ1) is 25.0. The highest BCUT2D eigenvalue weighted by Crippen LogP contribution is 2.36. The third kappa shape index (κ3) is 6.62. The molecule has 0 aromatic heterocycles. The second-order valence-electron chi connectivity index (χ2n) is 8.54. The lowest BCUT2D eigenvalue weighted by atomic mass is 9.88. The molecular weight excluding hydrogens is 410 g/mol. The van der Waals surface area contributed by atoms with Crippen molar-refractivity contribution in [2.45, 2.75) is 63.1 Å². The van der Waals surface area contributed by atoms with Gasteiger partial charge in [0.05, 0.1) is 19.6 Å². The molecule has 11 nitrogen and oxygen atoms in total. The molecule has 0 amide bonds. The second kappa shape index (κ2) is 10.9. The molecule has 2 fully saturated rings. The number of carboxylic acid groups (broad SMARTS) is 4. The summed E-state index contributed by atoms with van der Waals surface area (Å²) >= 11 is 0. The standard InChI is InChI=1S/C20H33N3O8/c1-2-23(11-19(30)31)20(8-7-16(24)25)12-21(9-17(26)27)14-5-3-4-6-15(14)22(13-20)10-18(28)29/h14-15H,2-13H2,1H3,(H,24,25)(H,26,27)(H,28,29)(H,30,31). The zero-order valence-electron chi connectivity index (χ0n) is 17.9. The molecule has 0 radical (unpaired) electrons. The fourth-order valence-electron chi connectivity index (χ4n) is 5.31. The minimum absolute atomic E-state index is 0.0924. The molecular formula is C20H33N3O8. The highest BCUT2D eigenvalue weighted by molar-refractivity contribution is 5.70. The first-order valence-electron chi connectivity index (χ1n) is 10.7. The number of nitrogens with zero attached hydrogens (tertiary/aromatic N) is 3. The van der Waals surface area contributed by atoms with Crippen molar-refractivity contribution in [1.82, 2.24) is 14.7 Å². The van der Waals surface area contributed by atoms with E-state index in [0.29, 0.717) is 19.4 Å². The van der Waals surface area contributed by atoms with E-state index in [1.807, 2.05) is 0 Å². The van der Waals surface area contributed by atoms with Crippen LogP contribution in [0, 0.1) is 0 Å². The summed E-state index contributed by atoms with van der Waals surface area (Å²) in [6.07, 6.45) is 3.09. The van der Waals surface area contributed by atoms with E-state index in [1.165, 1.54) is 0 Å². The number of hydrogen-bond acceptors (Lipinski definition) is 7. The van der Waals surface area contributed by atoms with Crippen molar-refractivity contribution in [2.75, 3.05) is 39.3 Å². The Morgan fingerprint density at radius 1 is 0.839 bits per heavy atom. The molecule has 31 heavy (non-hydrogen) atoms. The molecule has 2 rings (SSSR count). The van der Waals surface area contributed by atoms with Gasteiger partial charge in [-0.1, -0.05) is 19.8 Å². The van der Waals surface area contributed by atoms with Crippen LogP contribution >= 0.6 is 0 Å². The Hall–Kier alpha value is -2.24. The first-order chi connectivity index (χ1) is 14.6. The lowest BCUT2D eigenvalue weighted by molar-refractivity contribution is -0.144. The van der Waals surface area contributed by atoms with Gasteiger partial charge in [0.1, 0.15) is 0 Å². The van der Waals surface area contributed by atoms with Crippen LogP contribution in [0.3, 0.4) is 0 Å². The van der Waals surface area contributed by atoms with Crippen molar-refractivity contribution in [3.63, 3.8) is 0 Å². The van der Waals surface area contributed by atoms with Crippen LogP contribution in [0.1, 0.15) is 45.4 Å². The van der Waals surface area contributed by atoms with E-state index in [2.05, 4.69) is 0 Å². The fourth-order valence-corrected chi connectivity index (χ4v) is 5.31. The summed E-state index contributed by atoms with van der Waals surface area (Å²) in [4.78, 5) is 51.6. The van der Waals surface area contributed by atoms with Crippen molar-refractivity contribution in [3.05, 3.63) is 0 Å². The minimum Gasteiger partial charge on any atom is -0.481 e. The van der Waals surface area contributed by atoms with Crippen molar-refractivity contribution in [3.8, 4) is 0 Å². The van der Waals surface area contributed by atoms with E-state index < -0.39 is 29.4 Å². The van der Waals surface area contributed by atoms with Crippen LogP contribution in [0.4, 0.5) is 0 Å². The van der Waals surface area contributed by atoms with Crippen LogP contribution in [0.25, 0.3) is 0 Å². The van der Waals surface area contributed by atoms with Gasteiger partial charge in [0.15, 0.2) is 0 Å². The maximum atomic E-state index is 11.7. The summed E-state index contributed by atoms with van der Waals surface area (Å²) in [6, 6.07) is -0.362. The van der Waals surface area contributed by atoms with E-state index in [0.717, 1.165) is 12.8 Å². The van der Waals surface area contributed by atoms with E-state index in [4.69, 9.17) is 0 Å². The molecule has 1 aliphatic heterocycles. The minimum atomic E-state index is -1.08. The van der Waals surface area contributed by atoms with Gasteiger partial charge in [-0.3, -0.25) is 33.9 Å². The van der Waals surface area contributed by atoms with Crippen molar-refractivity contribution < 1.29 is 39.6 Å². The van der Waals surface area contributed by atoms with Gasteiger partial charge < -0.3 is 20.4 Å². The number of hydrogen-bond donors (Lipinski definition) is 4. The van der Waals surface area contributed by atoms with E-state index in [-0.39, 0.29) is 57.6 Å². The smallest absolute Gasteiger partial charge is 0.317 e. The molecule has 0 bridgehead atoms. The number of likely N-dealkylation sites (N-methyl/N-ethyl adjacent to an activating group) is 1. The molecule has 176 valence electrons. The number of carbonyl (C=O) groups is 4. The zero-order chi connectivity index (χ0) is 23.2. The van der Waals surface area contributed by atoms with E-state index in [9.17, 15) is 39.6 Å². The summed E-state index contributed by atoms with van der Waals surface area (Å²) in [7, 11) is 0. The monoisotopic (exact) mass is 443 g/mol. The predicted octanol–water partition coefficient (Wildman–Crippen LogP) is 0.0945. The van der Waals surface area contributed by atoms with Crippen molar-refractivity contribution in [1.29, 1.82) is 0 Å². The molecule has 2 unspecified atom stereocenters. The molecule has 11 heteroatoms. The molecule has 1 saturated carbocycles. The average molecular weight is 443 g/mol. The maximum Gasteiger partial charge on any atom is 0.317 e. The van der Waals surface area contributed by atoms with E-state index >= 15 is 0 Å². The number of aliphatic carboxylic acids is 4. The van der Waals surface area contributed by atoms with Gasteiger partial charge in [0.2, 0.25) is 0 Å². The van der Waals surface area contributed by atoms with Gasteiger partial charge in [0.25, 0.3) is 0 Å². The normalized spacial score (nSPS) is 27.4. The Balaban J connectivity index is 2.56. The largest absolute Gasteiger partial charge is 0.481 e. The quantitative estimate of drug-likeness (QED) is 0.343. The third-order valence-electron chi connectivity index (χ3n) is 6.49. The molecule has 0 spiro atoms. The summed E-state index contributed by atoms with van der Waals surface area (Å²) < 4.78 is 0. The predicted molar refractivity (Wildman–Crippen MR) is 109 cm³/mol. The van der Waals surface area contributed by atoms with E-state index in [1.54, 1.807) is 21.6 Å². The molecule has 0 aromatic rings. The van der Waals surface area contributed by atoms with Crippen molar-refractivity contribution >= 4 is 23.9 Å². The highest BCUT2D eigenvalue weighted by atomic mass is 16.4. The van der Waals surface area contributed by atoms with Crippen LogP contribution in [0.5, 0.6) is 0 Å². The highest BCUT2D eigenvalue weighted by Gasteiger charge is 2.48. The second-order valence-corrected chi connectivity index (χ2v) is 8.54. The molecule has 1 saturated heterocycles. The summed E-state index contributed by atoms with van der Waals surface area (Å²) in [5.74, 6) is -4.16. The van der Waals surface area contributed by atoms with Crippen LogP contribution in [-0.2, 0) is 19.2 Å². The Morgan fingerprint density at radius 3 is 1.68 bits per heavy atom. The molecule has 2 aliphatic rings. The third-order valence-corrected chi connectivity index (χ3v) is 6.49. The summed E-state index contributed by atoms with van der Waals surface area (Å²) in [5.41, 5.74) is -1.01.